The summed E-state index contributed by atoms with van der Waals surface area (Å²) in [6.45, 7) is 0. The Morgan fingerprint density at radius 1 is 1.33 bits per heavy atom. The van der Waals surface area contributed by atoms with Crippen LogP contribution in [0.4, 0.5) is 0 Å². The van der Waals surface area contributed by atoms with Crippen LogP contribution in [0.25, 0.3) is 5.76 Å². The van der Waals surface area contributed by atoms with Crippen LogP contribution in [-0.4, -0.2) is 18.2 Å². The topological polar surface area (TPSA) is 46.5 Å². The van der Waals surface area contributed by atoms with Crippen LogP contribution in [0, 0.1) is 0 Å². The van der Waals surface area contributed by atoms with Gasteiger partial charge in [-0.3, -0.25) is 0 Å². The van der Waals surface area contributed by atoms with Crippen molar-refractivity contribution in [2.75, 3.05) is 7.11 Å². The molecule has 0 saturated heterocycles. The fraction of sp³-hybridized carbons (Fsp3) is 0.0714. The zero-order valence-corrected chi connectivity index (χ0v) is 10.6. The third-order valence-corrected chi connectivity index (χ3v) is 2.27. The predicted octanol–water partition coefficient (Wildman–Crippen LogP) is 3.52. The molecule has 94 valence electrons. The number of methoxy groups -OCH3 is 1. The first kappa shape index (κ1) is 14.1. The van der Waals surface area contributed by atoms with Gasteiger partial charge in [0.05, 0.1) is 7.11 Å². The molecule has 1 N–H and O–H groups in total. The second-order valence-electron chi connectivity index (χ2n) is 3.33. The van der Waals surface area contributed by atoms with Gasteiger partial charge in [-0.05, 0) is 18.2 Å². The molecule has 0 bridgehead atoms. The van der Waals surface area contributed by atoms with E-state index < -0.39 is 5.97 Å². The summed E-state index contributed by atoms with van der Waals surface area (Å²) in [6.07, 6.45) is 7.52. The van der Waals surface area contributed by atoms with E-state index in [9.17, 15) is 9.90 Å². The van der Waals surface area contributed by atoms with Crippen molar-refractivity contribution >= 4 is 23.3 Å². The van der Waals surface area contributed by atoms with Gasteiger partial charge in [0, 0.05) is 16.7 Å². The lowest BCUT2D eigenvalue weighted by Gasteiger charge is -1.98. The molecule has 1 aromatic carbocycles. The third kappa shape index (κ3) is 4.89. The highest BCUT2D eigenvalue weighted by Gasteiger charge is 1.97. The first-order valence-corrected chi connectivity index (χ1v) is 5.59. The van der Waals surface area contributed by atoms with E-state index in [0.29, 0.717) is 10.6 Å². The number of carbonyl (C=O) groups excluding carboxylic acids is 1. The molecule has 0 atom stereocenters. The minimum atomic E-state index is -0.428. The van der Waals surface area contributed by atoms with Crippen molar-refractivity contribution in [3.63, 3.8) is 0 Å². The molecule has 0 fully saturated rings. The van der Waals surface area contributed by atoms with E-state index in [2.05, 4.69) is 4.74 Å². The predicted molar refractivity (Wildman–Crippen MR) is 72.4 cm³/mol. The Bertz CT molecular complexity index is 502. The molecular weight excluding hydrogens is 252 g/mol. The molecule has 0 spiro atoms. The third-order valence-electron chi connectivity index (χ3n) is 2.03. The van der Waals surface area contributed by atoms with Gasteiger partial charge in [-0.15, -0.1) is 0 Å². The van der Waals surface area contributed by atoms with Crippen LogP contribution in [0.2, 0.25) is 5.02 Å². The molecular formula is C14H13ClO3. The van der Waals surface area contributed by atoms with E-state index in [1.165, 1.54) is 25.3 Å². The standard InChI is InChI=1S/C14H13ClO3/c1-18-14(17)9-4-2-3-8-13(16)11-6-5-7-12(15)10-11/h2-10,16H,1H3/b3-2+,9-4+,13-8-. The zero-order valence-electron chi connectivity index (χ0n) is 9.84. The number of hydrogen-bond donors (Lipinski definition) is 1. The summed E-state index contributed by atoms with van der Waals surface area (Å²) >= 11 is 5.80. The van der Waals surface area contributed by atoms with Crippen LogP contribution < -0.4 is 0 Å². The Labute approximate surface area is 111 Å². The Hall–Kier alpha value is -2.00. The van der Waals surface area contributed by atoms with Gasteiger partial charge in [0.15, 0.2) is 0 Å². The summed E-state index contributed by atoms with van der Waals surface area (Å²) in [5.41, 5.74) is 0.629. The van der Waals surface area contributed by atoms with Crippen LogP contribution in [0.5, 0.6) is 0 Å². The smallest absolute Gasteiger partial charge is 0.330 e. The largest absolute Gasteiger partial charge is 0.507 e. The van der Waals surface area contributed by atoms with Crippen LogP contribution in [0.15, 0.2) is 54.6 Å². The van der Waals surface area contributed by atoms with E-state index in [-0.39, 0.29) is 5.76 Å². The molecule has 0 saturated carbocycles. The number of ether oxygens (including phenoxy) is 1. The molecule has 0 heterocycles. The molecule has 0 aliphatic carbocycles. The number of carbonyl (C=O) groups is 1. The second-order valence-corrected chi connectivity index (χ2v) is 3.77. The molecule has 0 aromatic heterocycles. The van der Waals surface area contributed by atoms with Crippen molar-refractivity contribution in [3.05, 3.63) is 65.2 Å². The van der Waals surface area contributed by atoms with Crippen molar-refractivity contribution in [2.45, 2.75) is 0 Å². The van der Waals surface area contributed by atoms with E-state index in [0.717, 1.165) is 0 Å². The summed E-state index contributed by atoms with van der Waals surface area (Å²) in [4.78, 5) is 10.7. The highest BCUT2D eigenvalue weighted by molar-refractivity contribution is 6.30. The zero-order chi connectivity index (χ0) is 13.4. The number of allylic oxidation sites excluding steroid dienone is 4. The fourth-order valence-corrected chi connectivity index (χ4v) is 1.35. The average Bonchev–Trinajstić information content (AvgIpc) is 2.37. The molecule has 3 nitrogen and oxygen atoms in total. The molecule has 0 aliphatic heterocycles. The number of benzene rings is 1. The number of rotatable bonds is 4. The number of hydrogen-bond acceptors (Lipinski definition) is 3. The highest BCUT2D eigenvalue weighted by atomic mass is 35.5. The van der Waals surface area contributed by atoms with Gasteiger partial charge in [-0.25, -0.2) is 4.79 Å². The minimum Gasteiger partial charge on any atom is -0.507 e. The van der Waals surface area contributed by atoms with Crippen LogP contribution in [0.1, 0.15) is 5.56 Å². The van der Waals surface area contributed by atoms with E-state index in [4.69, 9.17) is 11.6 Å². The maximum absolute atomic E-state index is 10.7. The van der Waals surface area contributed by atoms with Crippen LogP contribution in [0.3, 0.4) is 0 Å². The summed E-state index contributed by atoms with van der Waals surface area (Å²) in [6, 6.07) is 6.89. The molecule has 1 aromatic rings. The summed E-state index contributed by atoms with van der Waals surface area (Å²) in [7, 11) is 1.31. The molecule has 4 heteroatoms. The Balaban J connectivity index is 2.65. The molecule has 0 radical (unpaired) electrons. The summed E-state index contributed by atoms with van der Waals surface area (Å²) in [5, 5.41) is 10.3. The van der Waals surface area contributed by atoms with Gasteiger partial charge in [0.2, 0.25) is 0 Å². The van der Waals surface area contributed by atoms with Gasteiger partial charge >= 0.3 is 5.97 Å². The van der Waals surface area contributed by atoms with Crippen LogP contribution in [-0.2, 0) is 9.53 Å². The highest BCUT2D eigenvalue weighted by Crippen LogP contribution is 2.16. The lowest BCUT2D eigenvalue weighted by Crippen LogP contribution is -1.92. The average molecular weight is 265 g/mol. The molecule has 18 heavy (non-hydrogen) atoms. The molecule has 0 aliphatic rings. The number of halogens is 1. The first-order chi connectivity index (χ1) is 8.63. The number of aliphatic hydroxyl groups is 1. The van der Waals surface area contributed by atoms with Gasteiger partial charge in [0.1, 0.15) is 5.76 Å². The van der Waals surface area contributed by atoms with Crippen molar-refractivity contribution in [1.82, 2.24) is 0 Å². The van der Waals surface area contributed by atoms with Gasteiger partial charge in [-0.2, -0.15) is 0 Å². The van der Waals surface area contributed by atoms with Crippen LogP contribution >= 0.6 is 11.6 Å². The summed E-state index contributed by atoms with van der Waals surface area (Å²) < 4.78 is 4.42. The fourth-order valence-electron chi connectivity index (χ4n) is 1.16. The van der Waals surface area contributed by atoms with Crippen molar-refractivity contribution in [3.8, 4) is 0 Å². The summed E-state index contributed by atoms with van der Waals surface area (Å²) in [5.74, 6) is -0.331. The minimum absolute atomic E-state index is 0.0974. The normalized spacial score (nSPS) is 12.2. The molecule has 0 amide bonds. The number of aliphatic hydroxyl groups excluding tert-OH is 1. The number of esters is 1. The Kier molecular flexibility index (Phi) is 5.74. The lowest BCUT2D eigenvalue weighted by atomic mass is 10.2. The van der Waals surface area contributed by atoms with Crippen molar-refractivity contribution in [2.24, 2.45) is 0 Å². The van der Waals surface area contributed by atoms with Crippen molar-refractivity contribution < 1.29 is 14.6 Å². The first-order valence-electron chi connectivity index (χ1n) is 5.21. The Morgan fingerprint density at radius 2 is 2.11 bits per heavy atom. The van der Waals surface area contributed by atoms with Gasteiger partial charge in [-0.1, -0.05) is 42.0 Å². The van der Waals surface area contributed by atoms with Gasteiger partial charge < -0.3 is 9.84 Å². The maximum atomic E-state index is 10.7. The Morgan fingerprint density at radius 3 is 2.78 bits per heavy atom. The van der Waals surface area contributed by atoms with E-state index >= 15 is 0 Å². The van der Waals surface area contributed by atoms with Crippen molar-refractivity contribution in [1.29, 1.82) is 0 Å². The van der Waals surface area contributed by atoms with E-state index in [1.54, 1.807) is 36.4 Å². The van der Waals surface area contributed by atoms with E-state index in [1.807, 2.05) is 0 Å². The lowest BCUT2D eigenvalue weighted by molar-refractivity contribution is -0.134. The monoisotopic (exact) mass is 264 g/mol. The molecule has 1 rings (SSSR count). The molecule has 0 unspecified atom stereocenters. The second kappa shape index (κ2) is 7.35. The maximum Gasteiger partial charge on any atom is 0.330 e. The van der Waals surface area contributed by atoms with Gasteiger partial charge in [0.25, 0.3) is 0 Å². The SMILES string of the molecule is COC(=O)/C=C/C=C/C=C(\O)c1cccc(Cl)c1. The quantitative estimate of drug-likeness (QED) is 0.392.